The number of hydrogen-bond donors (Lipinski definition) is 2. The average Bonchev–Trinajstić information content (AvgIpc) is 2.13. The first-order valence-electron chi connectivity index (χ1n) is 6.27. The highest BCUT2D eigenvalue weighted by molar-refractivity contribution is 5.72. The van der Waals surface area contributed by atoms with Crippen LogP contribution in [0.5, 0.6) is 0 Å². The standard InChI is InChI=1S/C12H21NO4/c14-11(15)8-13(9-12(16)17)10-6-4-2-1-3-5-7-10/h10H,1-9H2,(H,14,15)(H,16,17). The average molecular weight is 243 g/mol. The van der Waals surface area contributed by atoms with Gasteiger partial charge in [-0.25, -0.2) is 0 Å². The normalized spacial score (nSPS) is 18.6. The number of carboxylic acids is 2. The van der Waals surface area contributed by atoms with Gasteiger partial charge in [0.25, 0.3) is 0 Å². The van der Waals surface area contributed by atoms with Crippen LogP contribution >= 0.6 is 0 Å². The smallest absolute Gasteiger partial charge is 0.317 e. The Bertz CT molecular complexity index is 243. The van der Waals surface area contributed by atoms with Crippen molar-refractivity contribution in [3.8, 4) is 0 Å². The molecule has 0 spiro atoms. The van der Waals surface area contributed by atoms with Gasteiger partial charge in [0.05, 0.1) is 13.1 Å². The Morgan fingerprint density at radius 2 is 1.29 bits per heavy atom. The molecule has 0 aromatic rings. The topological polar surface area (TPSA) is 77.8 Å². The van der Waals surface area contributed by atoms with E-state index in [1.165, 1.54) is 19.3 Å². The van der Waals surface area contributed by atoms with Gasteiger partial charge < -0.3 is 10.2 Å². The minimum atomic E-state index is -0.951. The molecule has 1 saturated carbocycles. The van der Waals surface area contributed by atoms with Crippen LogP contribution in [-0.4, -0.2) is 46.2 Å². The fraction of sp³-hybridized carbons (Fsp3) is 0.833. The summed E-state index contributed by atoms with van der Waals surface area (Å²) >= 11 is 0. The summed E-state index contributed by atoms with van der Waals surface area (Å²) in [5.41, 5.74) is 0. The predicted molar refractivity (Wildman–Crippen MR) is 63.0 cm³/mol. The van der Waals surface area contributed by atoms with Crippen LogP contribution in [0.3, 0.4) is 0 Å². The van der Waals surface area contributed by atoms with E-state index >= 15 is 0 Å². The lowest BCUT2D eigenvalue weighted by Crippen LogP contribution is -2.42. The van der Waals surface area contributed by atoms with Crippen molar-refractivity contribution in [3.05, 3.63) is 0 Å². The van der Waals surface area contributed by atoms with Crippen LogP contribution in [0, 0.1) is 0 Å². The molecular weight excluding hydrogens is 222 g/mol. The summed E-state index contributed by atoms with van der Waals surface area (Å²) in [6.45, 7) is -0.339. The van der Waals surface area contributed by atoms with E-state index in [1.807, 2.05) is 0 Å². The van der Waals surface area contributed by atoms with Gasteiger partial charge in [-0.15, -0.1) is 0 Å². The molecule has 0 aliphatic heterocycles. The van der Waals surface area contributed by atoms with Crippen LogP contribution in [0.1, 0.15) is 44.9 Å². The molecule has 0 bridgehead atoms. The lowest BCUT2D eigenvalue weighted by molar-refractivity contribution is -0.143. The summed E-state index contributed by atoms with van der Waals surface area (Å²) in [5, 5.41) is 17.6. The molecule has 1 rings (SSSR count). The van der Waals surface area contributed by atoms with Crippen molar-refractivity contribution in [2.75, 3.05) is 13.1 Å². The van der Waals surface area contributed by atoms with Crippen molar-refractivity contribution in [2.45, 2.75) is 51.0 Å². The maximum atomic E-state index is 10.8. The van der Waals surface area contributed by atoms with Gasteiger partial charge in [-0.1, -0.05) is 32.1 Å². The molecule has 0 unspecified atom stereocenters. The molecule has 5 nitrogen and oxygen atoms in total. The zero-order chi connectivity index (χ0) is 12.7. The molecule has 17 heavy (non-hydrogen) atoms. The number of nitrogens with zero attached hydrogens (tertiary/aromatic N) is 1. The van der Waals surface area contributed by atoms with Gasteiger partial charge >= 0.3 is 11.9 Å². The molecule has 1 aliphatic rings. The van der Waals surface area contributed by atoms with E-state index in [-0.39, 0.29) is 19.1 Å². The van der Waals surface area contributed by atoms with Crippen molar-refractivity contribution in [1.82, 2.24) is 4.90 Å². The van der Waals surface area contributed by atoms with Crippen LogP contribution in [0.2, 0.25) is 0 Å². The van der Waals surface area contributed by atoms with Crippen LogP contribution in [0.4, 0.5) is 0 Å². The fourth-order valence-electron chi connectivity index (χ4n) is 2.46. The molecule has 0 saturated heterocycles. The maximum absolute atomic E-state index is 10.8. The minimum absolute atomic E-state index is 0.113. The van der Waals surface area contributed by atoms with Crippen LogP contribution in [-0.2, 0) is 9.59 Å². The second kappa shape index (κ2) is 7.27. The predicted octanol–water partition coefficient (Wildman–Crippen LogP) is 1.57. The van der Waals surface area contributed by atoms with Gasteiger partial charge in [-0.2, -0.15) is 0 Å². The molecule has 0 radical (unpaired) electrons. The Morgan fingerprint density at radius 3 is 1.71 bits per heavy atom. The second-order valence-electron chi connectivity index (χ2n) is 4.69. The molecule has 0 amide bonds. The molecule has 0 aromatic carbocycles. The second-order valence-corrected chi connectivity index (χ2v) is 4.69. The molecule has 98 valence electrons. The van der Waals surface area contributed by atoms with E-state index in [0.717, 1.165) is 25.7 Å². The fourth-order valence-corrected chi connectivity index (χ4v) is 2.46. The highest BCUT2D eigenvalue weighted by atomic mass is 16.4. The lowest BCUT2D eigenvalue weighted by Gasteiger charge is -2.30. The van der Waals surface area contributed by atoms with E-state index in [4.69, 9.17) is 10.2 Å². The van der Waals surface area contributed by atoms with Gasteiger partial charge in [0, 0.05) is 6.04 Å². The SMILES string of the molecule is O=C(O)CN(CC(=O)O)C1CCCCCCC1. The van der Waals surface area contributed by atoms with Crippen molar-refractivity contribution >= 4 is 11.9 Å². The van der Waals surface area contributed by atoms with Crippen molar-refractivity contribution < 1.29 is 19.8 Å². The molecule has 0 atom stereocenters. The summed E-state index contributed by atoms with van der Waals surface area (Å²) in [6.07, 6.45) is 7.56. The van der Waals surface area contributed by atoms with E-state index in [9.17, 15) is 9.59 Å². The largest absolute Gasteiger partial charge is 0.480 e. The third-order valence-electron chi connectivity index (χ3n) is 3.27. The molecule has 0 heterocycles. The van der Waals surface area contributed by atoms with Gasteiger partial charge in [-0.05, 0) is 12.8 Å². The molecular formula is C12H21NO4. The van der Waals surface area contributed by atoms with E-state index in [1.54, 1.807) is 4.90 Å². The summed E-state index contributed by atoms with van der Waals surface area (Å²) < 4.78 is 0. The number of carboxylic acid groups (broad SMARTS) is 2. The summed E-state index contributed by atoms with van der Waals surface area (Å²) in [5.74, 6) is -1.90. The Labute approximate surface area is 101 Å². The summed E-state index contributed by atoms with van der Waals surface area (Å²) in [7, 11) is 0. The van der Waals surface area contributed by atoms with Crippen molar-refractivity contribution in [3.63, 3.8) is 0 Å². The van der Waals surface area contributed by atoms with Crippen LogP contribution in [0.15, 0.2) is 0 Å². The first kappa shape index (κ1) is 14.0. The van der Waals surface area contributed by atoms with Gasteiger partial charge in [0.1, 0.15) is 0 Å². The van der Waals surface area contributed by atoms with E-state index in [0.29, 0.717) is 0 Å². The zero-order valence-electron chi connectivity index (χ0n) is 10.1. The molecule has 0 aromatic heterocycles. The Morgan fingerprint density at radius 1 is 0.882 bits per heavy atom. The quantitative estimate of drug-likeness (QED) is 0.766. The van der Waals surface area contributed by atoms with E-state index < -0.39 is 11.9 Å². The Hall–Kier alpha value is -1.10. The van der Waals surface area contributed by atoms with Crippen molar-refractivity contribution in [2.24, 2.45) is 0 Å². The zero-order valence-corrected chi connectivity index (χ0v) is 10.1. The van der Waals surface area contributed by atoms with Crippen molar-refractivity contribution in [1.29, 1.82) is 0 Å². The third kappa shape index (κ3) is 5.68. The number of hydrogen-bond acceptors (Lipinski definition) is 3. The Kier molecular flexibility index (Phi) is 5.97. The van der Waals surface area contributed by atoms with Crippen LogP contribution < -0.4 is 0 Å². The maximum Gasteiger partial charge on any atom is 0.317 e. The summed E-state index contributed by atoms with van der Waals surface area (Å²) in [6, 6.07) is 0.113. The van der Waals surface area contributed by atoms with Gasteiger partial charge in [-0.3, -0.25) is 14.5 Å². The van der Waals surface area contributed by atoms with Gasteiger partial charge in [0.2, 0.25) is 0 Å². The van der Waals surface area contributed by atoms with Gasteiger partial charge in [0.15, 0.2) is 0 Å². The van der Waals surface area contributed by atoms with E-state index in [2.05, 4.69) is 0 Å². The molecule has 5 heteroatoms. The number of carbonyl (C=O) groups is 2. The van der Waals surface area contributed by atoms with Crippen LogP contribution in [0.25, 0.3) is 0 Å². The number of rotatable bonds is 5. The summed E-state index contributed by atoms with van der Waals surface area (Å²) in [4.78, 5) is 23.1. The lowest BCUT2D eigenvalue weighted by atomic mass is 9.95. The molecule has 1 aliphatic carbocycles. The first-order valence-corrected chi connectivity index (χ1v) is 6.27. The molecule has 1 fully saturated rings. The Balaban J connectivity index is 2.57. The molecule has 2 N–H and O–H groups in total. The highest BCUT2D eigenvalue weighted by Crippen LogP contribution is 2.21. The monoisotopic (exact) mass is 243 g/mol. The first-order chi connectivity index (χ1) is 8.09. The third-order valence-corrected chi connectivity index (χ3v) is 3.27. The minimum Gasteiger partial charge on any atom is -0.480 e. The number of aliphatic carboxylic acids is 2. The highest BCUT2D eigenvalue weighted by Gasteiger charge is 2.23.